The third kappa shape index (κ3) is 2.59. The van der Waals surface area contributed by atoms with Crippen LogP contribution in [0.2, 0.25) is 0 Å². The molecule has 0 bridgehead atoms. The summed E-state index contributed by atoms with van der Waals surface area (Å²) in [6.45, 7) is 3.15. The number of hydrogen-bond acceptors (Lipinski definition) is 3. The highest BCUT2D eigenvalue weighted by atomic mass is 16.5. The molecule has 3 nitrogen and oxygen atoms in total. The molecule has 1 aliphatic rings. The molecule has 0 saturated heterocycles. The summed E-state index contributed by atoms with van der Waals surface area (Å²) in [5, 5.41) is 8.77. The van der Waals surface area contributed by atoms with Crippen LogP contribution in [0.3, 0.4) is 0 Å². The van der Waals surface area contributed by atoms with Gasteiger partial charge in [-0.15, -0.1) is 0 Å². The Morgan fingerprint density at radius 1 is 1.47 bits per heavy atom. The lowest BCUT2D eigenvalue weighted by Crippen LogP contribution is -2.14. The third-order valence-electron chi connectivity index (χ3n) is 3.45. The van der Waals surface area contributed by atoms with Gasteiger partial charge in [0, 0.05) is 23.9 Å². The zero-order valence-corrected chi connectivity index (χ0v) is 10.2. The van der Waals surface area contributed by atoms with Crippen LogP contribution in [0.1, 0.15) is 30.4 Å². The van der Waals surface area contributed by atoms with Gasteiger partial charge in [0.2, 0.25) is 0 Å². The highest BCUT2D eigenvalue weighted by molar-refractivity contribution is 5.40. The molecule has 2 rings (SSSR count). The molecule has 90 valence electrons. The molecule has 1 aliphatic carbocycles. The standard InChI is InChI=1S/C14H18N2O/c1-11-3-2-4-12(9-16)13(11)17-10-14(5-6-14)7-8-15/h2-4H,5-7,9-10,16H2,1H3. The van der Waals surface area contributed by atoms with E-state index >= 15 is 0 Å². The van der Waals surface area contributed by atoms with Crippen LogP contribution in [0.25, 0.3) is 0 Å². The normalized spacial score (nSPS) is 16.3. The molecule has 0 unspecified atom stereocenters. The monoisotopic (exact) mass is 230 g/mol. The average Bonchev–Trinajstić information content (AvgIpc) is 3.08. The second-order valence-electron chi connectivity index (χ2n) is 4.89. The summed E-state index contributed by atoms with van der Waals surface area (Å²) in [4.78, 5) is 0. The van der Waals surface area contributed by atoms with Gasteiger partial charge in [-0.2, -0.15) is 5.26 Å². The largest absolute Gasteiger partial charge is 0.492 e. The van der Waals surface area contributed by atoms with Gasteiger partial charge in [0.05, 0.1) is 12.7 Å². The fourth-order valence-electron chi connectivity index (χ4n) is 2.02. The molecule has 0 radical (unpaired) electrons. The van der Waals surface area contributed by atoms with Crippen LogP contribution < -0.4 is 10.5 Å². The van der Waals surface area contributed by atoms with E-state index in [9.17, 15) is 0 Å². The Labute approximate surface area is 102 Å². The van der Waals surface area contributed by atoms with E-state index in [1.807, 2.05) is 25.1 Å². The topological polar surface area (TPSA) is 59.0 Å². The molecule has 17 heavy (non-hydrogen) atoms. The van der Waals surface area contributed by atoms with Crippen LogP contribution in [0.5, 0.6) is 5.75 Å². The van der Waals surface area contributed by atoms with Crippen molar-refractivity contribution in [1.29, 1.82) is 5.26 Å². The number of hydrogen-bond donors (Lipinski definition) is 1. The number of aryl methyl sites for hydroxylation is 1. The van der Waals surface area contributed by atoms with Crippen molar-refractivity contribution in [3.05, 3.63) is 29.3 Å². The van der Waals surface area contributed by atoms with E-state index in [0.29, 0.717) is 19.6 Å². The summed E-state index contributed by atoms with van der Waals surface area (Å²) < 4.78 is 5.91. The lowest BCUT2D eigenvalue weighted by Gasteiger charge is -2.17. The minimum atomic E-state index is 0.114. The highest BCUT2D eigenvalue weighted by Gasteiger charge is 2.43. The molecule has 0 heterocycles. The first kappa shape index (κ1) is 11.9. The predicted molar refractivity (Wildman–Crippen MR) is 66.5 cm³/mol. The first-order valence-electron chi connectivity index (χ1n) is 5.99. The van der Waals surface area contributed by atoms with Crippen molar-refractivity contribution in [3.63, 3.8) is 0 Å². The lowest BCUT2D eigenvalue weighted by atomic mass is 10.0. The maximum atomic E-state index is 8.77. The van der Waals surface area contributed by atoms with Crippen molar-refractivity contribution in [2.45, 2.75) is 32.7 Å². The van der Waals surface area contributed by atoms with E-state index in [2.05, 4.69) is 6.07 Å². The molecular formula is C14H18N2O. The smallest absolute Gasteiger partial charge is 0.126 e. The molecule has 0 amide bonds. The van der Waals surface area contributed by atoms with E-state index in [0.717, 1.165) is 29.7 Å². The molecule has 1 saturated carbocycles. The van der Waals surface area contributed by atoms with Gasteiger partial charge in [-0.3, -0.25) is 0 Å². The molecule has 1 aromatic carbocycles. The Bertz CT molecular complexity index is 444. The molecule has 0 spiro atoms. The van der Waals surface area contributed by atoms with Crippen molar-refractivity contribution >= 4 is 0 Å². The van der Waals surface area contributed by atoms with Crippen LogP contribution in [0.15, 0.2) is 18.2 Å². The molecule has 0 aromatic heterocycles. The zero-order valence-electron chi connectivity index (χ0n) is 10.2. The number of benzene rings is 1. The summed E-state index contributed by atoms with van der Waals surface area (Å²) in [7, 11) is 0. The molecule has 1 fully saturated rings. The zero-order chi connectivity index (χ0) is 12.3. The van der Waals surface area contributed by atoms with Crippen molar-refractivity contribution in [1.82, 2.24) is 0 Å². The Morgan fingerprint density at radius 3 is 2.82 bits per heavy atom. The van der Waals surface area contributed by atoms with Gasteiger partial charge in [-0.25, -0.2) is 0 Å². The average molecular weight is 230 g/mol. The molecule has 2 N–H and O–H groups in total. The van der Waals surface area contributed by atoms with E-state index in [-0.39, 0.29) is 5.41 Å². The van der Waals surface area contributed by atoms with E-state index in [1.54, 1.807) is 0 Å². The van der Waals surface area contributed by atoms with Crippen molar-refractivity contribution < 1.29 is 4.74 Å². The molecule has 0 atom stereocenters. The van der Waals surface area contributed by atoms with E-state index < -0.39 is 0 Å². The van der Waals surface area contributed by atoms with Crippen molar-refractivity contribution in [2.24, 2.45) is 11.1 Å². The molecular weight excluding hydrogens is 212 g/mol. The lowest BCUT2D eigenvalue weighted by molar-refractivity contribution is 0.233. The minimum Gasteiger partial charge on any atom is -0.492 e. The SMILES string of the molecule is Cc1cccc(CN)c1OCC1(CC#N)CC1. The van der Waals surface area contributed by atoms with Gasteiger partial charge in [-0.05, 0) is 25.3 Å². The van der Waals surface area contributed by atoms with Gasteiger partial charge in [0.15, 0.2) is 0 Å². The number of rotatable bonds is 5. The van der Waals surface area contributed by atoms with Gasteiger partial charge < -0.3 is 10.5 Å². The summed E-state index contributed by atoms with van der Waals surface area (Å²) >= 11 is 0. The summed E-state index contributed by atoms with van der Waals surface area (Å²) in [5.41, 5.74) is 7.97. The van der Waals surface area contributed by atoms with Crippen LogP contribution in [0, 0.1) is 23.7 Å². The molecule has 1 aromatic rings. The first-order chi connectivity index (χ1) is 8.21. The quantitative estimate of drug-likeness (QED) is 0.845. The predicted octanol–water partition coefficient (Wildman–Crippen LogP) is 2.53. The van der Waals surface area contributed by atoms with Crippen LogP contribution in [0.4, 0.5) is 0 Å². The Balaban J connectivity index is 2.07. The minimum absolute atomic E-state index is 0.114. The fraction of sp³-hybridized carbons (Fsp3) is 0.500. The summed E-state index contributed by atoms with van der Waals surface area (Å²) in [5.74, 6) is 0.902. The maximum absolute atomic E-state index is 8.77. The van der Waals surface area contributed by atoms with Gasteiger partial charge in [-0.1, -0.05) is 18.2 Å². The second-order valence-corrected chi connectivity index (χ2v) is 4.89. The second kappa shape index (κ2) is 4.77. The Morgan fingerprint density at radius 2 is 2.24 bits per heavy atom. The Kier molecular flexibility index (Phi) is 3.35. The van der Waals surface area contributed by atoms with Gasteiger partial charge >= 0.3 is 0 Å². The molecule has 0 aliphatic heterocycles. The first-order valence-corrected chi connectivity index (χ1v) is 5.99. The summed E-state index contributed by atoms with van der Waals surface area (Å²) in [6, 6.07) is 8.26. The highest BCUT2D eigenvalue weighted by Crippen LogP contribution is 2.49. The van der Waals surface area contributed by atoms with Crippen molar-refractivity contribution in [3.8, 4) is 11.8 Å². The maximum Gasteiger partial charge on any atom is 0.126 e. The molecule has 3 heteroatoms. The van der Waals surface area contributed by atoms with E-state index in [4.69, 9.17) is 15.7 Å². The van der Waals surface area contributed by atoms with Crippen molar-refractivity contribution in [2.75, 3.05) is 6.61 Å². The van der Waals surface area contributed by atoms with Crippen LogP contribution in [-0.4, -0.2) is 6.61 Å². The number of nitrogens with two attached hydrogens (primary N) is 1. The summed E-state index contributed by atoms with van der Waals surface area (Å²) in [6.07, 6.45) is 2.80. The van der Waals surface area contributed by atoms with Crippen LogP contribution >= 0.6 is 0 Å². The van der Waals surface area contributed by atoms with Gasteiger partial charge in [0.25, 0.3) is 0 Å². The van der Waals surface area contributed by atoms with Crippen LogP contribution in [-0.2, 0) is 6.54 Å². The van der Waals surface area contributed by atoms with Gasteiger partial charge in [0.1, 0.15) is 5.75 Å². The number of nitrogens with zero attached hydrogens (tertiary/aromatic N) is 1. The number of nitriles is 1. The fourth-order valence-corrected chi connectivity index (χ4v) is 2.02. The Hall–Kier alpha value is -1.53. The third-order valence-corrected chi connectivity index (χ3v) is 3.45. The van der Waals surface area contributed by atoms with E-state index in [1.165, 1.54) is 0 Å². The number of ether oxygens (including phenoxy) is 1. The number of para-hydroxylation sites is 1.